The van der Waals surface area contributed by atoms with Crippen LogP contribution in [0.15, 0.2) is 47.3 Å². The van der Waals surface area contributed by atoms with Crippen molar-refractivity contribution in [1.82, 2.24) is 4.57 Å². The SMILES string of the molecule is CCC(C)n1c(-c2ccccc2)ccc(CC(=O)O)c1=O. The van der Waals surface area contributed by atoms with E-state index in [2.05, 4.69) is 0 Å². The molecule has 2 aromatic rings. The molecule has 1 unspecified atom stereocenters. The highest BCUT2D eigenvalue weighted by molar-refractivity contribution is 5.70. The summed E-state index contributed by atoms with van der Waals surface area (Å²) in [7, 11) is 0. The first-order chi connectivity index (χ1) is 10.0. The Morgan fingerprint density at radius 3 is 2.43 bits per heavy atom. The van der Waals surface area contributed by atoms with Crippen molar-refractivity contribution < 1.29 is 9.90 Å². The van der Waals surface area contributed by atoms with Crippen molar-refractivity contribution in [1.29, 1.82) is 0 Å². The molecule has 0 spiro atoms. The first-order valence-electron chi connectivity index (χ1n) is 7.06. The van der Waals surface area contributed by atoms with E-state index in [0.717, 1.165) is 17.7 Å². The summed E-state index contributed by atoms with van der Waals surface area (Å²) in [6.45, 7) is 3.98. The van der Waals surface area contributed by atoms with Gasteiger partial charge in [-0.15, -0.1) is 0 Å². The molecule has 1 aromatic carbocycles. The number of pyridine rings is 1. The standard InChI is InChI=1S/C17H19NO3/c1-3-12(2)18-15(13-7-5-4-6-8-13)10-9-14(17(18)21)11-16(19)20/h4-10,12H,3,11H2,1-2H3,(H,19,20). The van der Waals surface area contributed by atoms with Crippen molar-refractivity contribution >= 4 is 5.97 Å². The fraction of sp³-hybridized carbons (Fsp3) is 0.294. The number of carboxylic acid groups (broad SMARTS) is 1. The van der Waals surface area contributed by atoms with Crippen molar-refractivity contribution in [2.75, 3.05) is 0 Å². The van der Waals surface area contributed by atoms with Gasteiger partial charge in [0.25, 0.3) is 5.56 Å². The fourth-order valence-corrected chi connectivity index (χ4v) is 2.36. The van der Waals surface area contributed by atoms with E-state index in [0.29, 0.717) is 5.56 Å². The number of carbonyl (C=O) groups is 1. The molecule has 0 bridgehead atoms. The summed E-state index contributed by atoms with van der Waals surface area (Å²) in [6.07, 6.45) is 0.556. The molecule has 1 N–H and O–H groups in total. The molecule has 21 heavy (non-hydrogen) atoms. The van der Waals surface area contributed by atoms with Crippen LogP contribution in [0.3, 0.4) is 0 Å². The van der Waals surface area contributed by atoms with Crippen LogP contribution in [0, 0.1) is 0 Å². The van der Waals surface area contributed by atoms with Crippen molar-refractivity contribution in [2.45, 2.75) is 32.7 Å². The normalized spacial score (nSPS) is 12.1. The molecular weight excluding hydrogens is 266 g/mol. The second-order valence-electron chi connectivity index (χ2n) is 5.11. The predicted molar refractivity (Wildman–Crippen MR) is 82.5 cm³/mol. The van der Waals surface area contributed by atoms with Crippen LogP contribution in [0.4, 0.5) is 0 Å². The first-order valence-corrected chi connectivity index (χ1v) is 7.06. The van der Waals surface area contributed by atoms with Gasteiger partial charge in [0.05, 0.1) is 12.1 Å². The number of aliphatic carboxylic acids is 1. The van der Waals surface area contributed by atoms with Crippen LogP contribution >= 0.6 is 0 Å². The van der Waals surface area contributed by atoms with Gasteiger partial charge in [0.2, 0.25) is 0 Å². The van der Waals surface area contributed by atoms with Crippen molar-refractivity contribution in [3.05, 3.63) is 58.4 Å². The van der Waals surface area contributed by atoms with Gasteiger partial charge in [0, 0.05) is 11.6 Å². The summed E-state index contributed by atoms with van der Waals surface area (Å²) in [5, 5.41) is 8.92. The van der Waals surface area contributed by atoms with E-state index in [1.165, 1.54) is 0 Å². The molecule has 0 aliphatic rings. The largest absolute Gasteiger partial charge is 0.481 e. The second-order valence-corrected chi connectivity index (χ2v) is 5.11. The summed E-state index contributed by atoms with van der Waals surface area (Å²) >= 11 is 0. The average Bonchev–Trinajstić information content (AvgIpc) is 2.49. The molecule has 1 aromatic heterocycles. The van der Waals surface area contributed by atoms with Crippen molar-refractivity contribution in [3.8, 4) is 11.3 Å². The lowest BCUT2D eigenvalue weighted by Gasteiger charge is -2.19. The van der Waals surface area contributed by atoms with Crippen LogP contribution in [-0.4, -0.2) is 15.6 Å². The van der Waals surface area contributed by atoms with E-state index >= 15 is 0 Å². The summed E-state index contributed by atoms with van der Waals surface area (Å²) in [5.41, 5.74) is 1.89. The summed E-state index contributed by atoms with van der Waals surface area (Å²) in [6, 6.07) is 13.1. The van der Waals surface area contributed by atoms with Crippen LogP contribution in [0.5, 0.6) is 0 Å². The van der Waals surface area contributed by atoms with Gasteiger partial charge in [0.15, 0.2) is 0 Å². The molecule has 0 saturated carbocycles. The number of rotatable bonds is 5. The quantitative estimate of drug-likeness (QED) is 0.918. The van der Waals surface area contributed by atoms with Gasteiger partial charge in [-0.3, -0.25) is 9.59 Å². The predicted octanol–water partition coefficient (Wildman–Crippen LogP) is 3.11. The Morgan fingerprint density at radius 2 is 1.86 bits per heavy atom. The van der Waals surface area contributed by atoms with Gasteiger partial charge in [-0.2, -0.15) is 0 Å². The Hall–Kier alpha value is -2.36. The molecule has 1 heterocycles. The van der Waals surface area contributed by atoms with Crippen molar-refractivity contribution in [2.24, 2.45) is 0 Å². The topological polar surface area (TPSA) is 59.3 Å². The summed E-state index contributed by atoms with van der Waals surface area (Å²) < 4.78 is 1.70. The van der Waals surface area contributed by atoms with Gasteiger partial charge in [-0.1, -0.05) is 43.3 Å². The minimum absolute atomic E-state index is 0.0152. The second kappa shape index (κ2) is 6.39. The third-order valence-electron chi connectivity index (χ3n) is 3.64. The summed E-state index contributed by atoms with van der Waals surface area (Å²) in [4.78, 5) is 23.5. The van der Waals surface area contributed by atoms with E-state index in [1.807, 2.05) is 50.2 Å². The molecule has 0 aliphatic heterocycles. The van der Waals surface area contributed by atoms with Gasteiger partial charge >= 0.3 is 5.97 Å². The fourth-order valence-electron chi connectivity index (χ4n) is 2.36. The third-order valence-corrected chi connectivity index (χ3v) is 3.64. The number of carboxylic acids is 1. The minimum Gasteiger partial charge on any atom is -0.481 e. The molecule has 4 nitrogen and oxygen atoms in total. The Morgan fingerprint density at radius 1 is 1.19 bits per heavy atom. The zero-order valence-corrected chi connectivity index (χ0v) is 12.2. The monoisotopic (exact) mass is 285 g/mol. The molecule has 0 fully saturated rings. The number of hydrogen-bond donors (Lipinski definition) is 1. The summed E-state index contributed by atoms with van der Waals surface area (Å²) in [5.74, 6) is -0.990. The minimum atomic E-state index is -0.990. The van der Waals surface area contributed by atoms with E-state index < -0.39 is 5.97 Å². The number of nitrogens with zero attached hydrogens (tertiary/aromatic N) is 1. The van der Waals surface area contributed by atoms with Crippen LogP contribution in [0.1, 0.15) is 31.9 Å². The van der Waals surface area contributed by atoms with Crippen LogP contribution in [0.2, 0.25) is 0 Å². The maximum atomic E-state index is 12.6. The van der Waals surface area contributed by atoms with Gasteiger partial charge < -0.3 is 9.67 Å². The van der Waals surface area contributed by atoms with E-state index in [1.54, 1.807) is 10.6 Å². The van der Waals surface area contributed by atoms with E-state index in [9.17, 15) is 9.59 Å². The van der Waals surface area contributed by atoms with E-state index in [-0.39, 0.29) is 18.0 Å². The van der Waals surface area contributed by atoms with Gasteiger partial charge in [-0.05, 0) is 25.0 Å². The zero-order valence-electron chi connectivity index (χ0n) is 12.2. The molecule has 110 valence electrons. The lowest BCUT2D eigenvalue weighted by atomic mass is 10.1. The number of aromatic nitrogens is 1. The number of benzene rings is 1. The Labute approximate surface area is 123 Å². The Kier molecular flexibility index (Phi) is 4.58. The molecule has 0 saturated heterocycles. The molecular formula is C17H19NO3. The molecule has 0 aliphatic carbocycles. The highest BCUT2D eigenvalue weighted by atomic mass is 16.4. The molecule has 0 radical (unpaired) electrons. The molecule has 2 rings (SSSR count). The maximum absolute atomic E-state index is 12.6. The van der Waals surface area contributed by atoms with Crippen LogP contribution in [0.25, 0.3) is 11.3 Å². The zero-order chi connectivity index (χ0) is 15.4. The lowest BCUT2D eigenvalue weighted by Crippen LogP contribution is -2.28. The number of hydrogen-bond acceptors (Lipinski definition) is 2. The van der Waals surface area contributed by atoms with Crippen LogP contribution in [-0.2, 0) is 11.2 Å². The molecule has 1 atom stereocenters. The van der Waals surface area contributed by atoms with Crippen LogP contribution < -0.4 is 5.56 Å². The third kappa shape index (κ3) is 3.21. The average molecular weight is 285 g/mol. The Balaban J connectivity index is 2.64. The maximum Gasteiger partial charge on any atom is 0.308 e. The van der Waals surface area contributed by atoms with Gasteiger partial charge in [0.1, 0.15) is 0 Å². The molecule has 0 amide bonds. The first kappa shape index (κ1) is 15.0. The highest BCUT2D eigenvalue weighted by Gasteiger charge is 2.15. The smallest absolute Gasteiger partial charge is 0.308 e. The Bertz CT molecular complexity index is 689. The molecule has 4 heteroatoms. The van der Waals surface area contributed by atoms with Crippen molar-refractivity contribution in [3.63, 3.8) is 0 Å². The van der Waals surface area contributed by atoms with Gasteiger partial charge in [-0.25, -0.2) is 0 Å². The lowest BCUT2D eigenvalue weighted by molar-refractivity contribution is -0.136. The van der Waals surface area contributed by atoms with E-state index in [4.69, 9.17) is 5.11 Å². The highest BCUT2D eigenvalue weighted by Crippen LogP contribution is 2.22.